The summed E-state index contributed by atoms with van der Waals surface area (Å²) in [7, 11) is 0. The lowest BCUT2D eigenvalue weighted by Crippen LogP contribution is -2.34. The van der Waals surface area contributed by atoms with E-state index in [-0.39, 0.29) is 11.7 Å². The molecule has 2 aliphatic rings. The Hall–Kier alpha value is -2.93. The van der Waals surface area contributed by atoms with Crippen LogP contribution in [0.25, 0.3) is 11.3 Å². The van der Waals surface area contributed by atoms with Gasteiger partial charge in [0.05, 0.1) is 17.6 Å². The summed E-state index contributed by atoms with van der Waals surface area (Å²) in [5.74, 6) is 1.14. The Labute approximate surface area is 173 Å². The van der Waals surface area contributed by atoms with E-state index in [9.17, 15) is 4.79 Å². The van der Waals surface area contributed by atoms with Gasteiger partial charge in [0.15, 0.2) is 16.7 Å². The quantitative estimate of drug-likeness (QED) is 0.592. The maximum Gasteiger partial charge on any atom is 0.251 e. The molecule has 0 saturated heterocycles. The van der Waals surface area contributed by atoms with Gasteiger partial charge < -0.3 is 19.8 Å². The van der Waals surface area contributed by atoms with Crippen molar-refractivity contribution in [2.24, 2.45) is 0 Å². The molecule has 148 valence electrons. The predicted molar refractivity (Wildman–Crippen MR) is 112 cm³/mol. The lowest BCUT2D eigenvalue weighted by Gasteiger charge is -2.21. The van der Waals surface area contributed by atoms with Crippen LogP contribution < -0.4 is 14.8 Å². The molecule has 0 bridgehead atoms. The van der Waals surface area contributed by atoms with Crippen molar-refractivity contribution in [3.05, 3.63) is 54.7 Å². The van der Waals surface area contributed by atoms with Crippen LogP contribution in [0.2, 0.25) is 0 Å². The summed E-state index contributed by atoms with van der Waals surface area (Å²) < 4.78 is 12.1. The van der Waals surface area contributed by atoms with E-state index in [0.717, 1.165) is 42.7 Å². The summed E-state index contributed by atoms with van der Waals surface area (Å²) in [5.41, 5.74) is 2.71. The number of carbonyl (C=O) groups is 1. The van der Waals surface area contributed by atoms with Gasteiger partial charge in [-0.05, 0) is 30.5 Å². The Kier molecular flexibility index (Phi) is 4.67. The Morgan fingerprint density at radius 2 is 1.90 bits per heavy atom. The van der Waals surface area contributed by atoms with E-state index < -0.39 is 5.79 Å². The number of aromatic nitrogens is 2. The molecule has 6 nitrogen and oxygen atoms in total. The van der Waals surface area contributed by atoms with Gasteiger partial charge in [-0.3, -0.25) is 4.79 Å². The number of rotatable bonds is 5. The zero-order chi connectivity index (χ0) is 19.7. The average Bonchev–Trinajstić information content (AvgIpc) is 3.47. The maximum atomic E-state index is 12.4. The van der Waals surface area contributed by atoms with Gasteiger partial charge in [0.2, 0.25) is 5.91 Å². The van der Waals surface area contributed by atoms with Gasteiger partial charge in [-0.1, -0.05) is 42.1 Å². The number of nitrogens with one attached hydrogen (secondary N) is 2. The second-order valence-electron chi connectivity index (χ2n) is 7.29. The summed E-state index contributed by atoms with van der Waals surface area (Å²) in [6.45, 7) is 0. The topological polar surface area (TPSA) is 76.2 Å². The maximum absolute atomic E-state index is 12.4. The molecule has 2 N–H and O–H groups in total. The number of hydrogen-bond donors (Lipinski definition) is 2. The Bertz CT molecular complexity index is 1030. The molecule has 0 radical (unpaired) electrons. The van der Waals surface area contributed by atoms with Crippen LogP contribution in [0, 0.1) is 0 Å². The number of benzene rings is 2. The third-order valence-corrected chi connectivity index (χ3v) is 6.05. The molecule has 1 fully saturated rings. The number of fused-ring (bicyclic) bond motifs is 1. The van der Waals surface area contributed by atoms with Crippen molar-refractivity contribution in [2.45, 2.75) is 36.6 Å². The standard InChI is InChI=1S/C22H21N3O3S/c26-20(14-29-21-23-13-17(25-21)15-6-2-1-3-7-15)24-16-8-9-18-19(12-16)28-22(27-18)10-4-5-11-22/h1-3,6-9,12-13H,4-5,10-11,14H2,(H,23,25)(H,24,26). The van der Waals surface area contributed by atoms with E-state index in [2.05, 4.69) is 15.3 Å². The van der Waals surface area contributed by atoms with Crippen molar-refractivity contribution in [1.82, 2.24) is 9.97 Å². The first-order valence-electron chi connectivity index (χ1n) is 9.74. The molecule has 0 unspecified atom stereocenters. The molecule has 1 saturated carbocycles. The second-order valence-corrected chi connectivity index (χ2v) is 8.25. The highest BCUT2D eigenvalue weighted by atomic mass is 32.2. The van der Waals surface area contributed by atoms with Gasteiger partial charge in [-0.25, -0.2) is 4.98 Å². The number of H-pyrrole nitrogens is 1. The van der Waals surface area contributed by atoms with Crippen LogP contribution in [0.4, 0.5) is 5.69 Å². The normalized spacial score (nSPS) is 16.3. The number of nitrogens with zero attached hydrogens (tertiary/aromatic N) is 1. The lowest BCUT2D eigenvalue weighted by atomic mass is 10.2. The van der Waals surface area contributed by atoms with Crippen LogP contribution in [-0.2, 0) is 4.79 Å². The molecule has 1 amide bonds. The molecule has 1 aromatic heterocycles. The molecular weight excluding hydrogens is 386 g/mol. The third-order valence-electron chi connectivity index (χ3n) is 5.16. The molecule has 1 aliphatic carbocycles. The van der Waals surface area contributed by atoms with E-state index in [1.807, 2.05) is 48.5 Å². The van der Waals surface area contributed by atoms with Crippen LogP contribution in [0.15, 0.2) is 59.9 Å². The smallest absolute Gasteiger partial charge is 0.251 e. The summed E-state index contributed by atoms with van der Waals surface area (Å²) in [6.07, 6.45) is 5.84. The highest BCUT2D eigenvalue weighted by Crippen LogP contribution is 2.47. The SMILES string of the molecule is O=C(CSc1ncc(-c2ccccc2)[nH]1)Nc1ccc2c(c1)OC1(CCCC1)O2. The van der Waals surface area contributed by atoms with Crippen molar-refractivity contribution >= 4 is 23.4 Å². The van der Waals surface area contributed by atoms with Crippen molar-refractivity contribution in [1.29, 1.82) is 0 Å². The van der Waals surface area contributed by atoms with Crippen molar-refractivity contribution in [3.63, 3.8) is 0 Å². The van der Waals surface area contributed by atoms with Crippen LogP contribution in [0.5, 0.6) is 11.5 Å². The Morgan fingerprint density at radius 3 is 2.72 bits per heavy atom. The van der Waals surface area contributed by atoms with Crippen LogP contribution in [0.3, 0.4) is 0 Å². The number of amides is 1. The van der Waals surface area contributed by atoms with E-state index >= 15 is 0 Å². The minimum Gasteiger partial charge on any atom is -0.448 e. The second kappa shape index (κ2) is 7.48. The monoisotopic (exact) mass is 407 g/mol. The number of ether oxygens (including phenoxy) is 2. The summed E-state index contributed by atoms with van der Waals surface area (Å²) >= 11 is 1.37. The van der Waals surface area contributed by atoms with E-state index in [1.165, 1.54) is 11.8 Å². The molecule has 3 aromatic rings. The fourth-order valence-electron chi connectivity index (χ4n) is 3.76. The van der Waals surface area contributed by atoms with Crippen molar-refractivity contribution in [2.75, 3.05) is 11.1 Å². The number of thioether (sulfide) groups is 1. The van der Waals surface area contributed by atoms with Gasteiger partial charge in [0.1, 0.15) is 0 Å². The summed E-state index contributed by atoms with van der Waals surface area (Å²) in [4.78, 5) is 20.0. The van der Waals surface area contributed by atoms with Crippen molar-refractivity contribution in [3.8, 4) is 22.8 Å². The number of aromatic amines is 1. The largest absolute Gasteiger partial charge is 0.448 e. The van der Waals surface area contributed by atoms with Crippen LogP contribution in [0.1, 0.15) is 25.7 Å². The first-order chi connectivity index (χ1) is 14.2. The molecule has 0 atom stereocenters. The molecule has 1 spiro atoms. The fraction of sp³-hybridized carbons (Fsp3) is 0.273. The first kappa shape index (κ1) is 18.1. The zero-order valence-corrected chi connectivity index (χ0v) is 16.6. The number of imidazole rings is 1. The van der Waals surface area contributed by atoms with Gasteiger partial charge >= 0.3 is 0 Å². The Morgan fingerprint density at radius 1 is 1.10 bits per heavy atom. The third kappa shape index (κ3) is 3.82. The molecule has 1 aliphatic heterocycles. The van der Waals surface area contributed by atoms with Gasteiger partial charge in [-0.15, -0.1) is 0 Å². The fourth-order valence-corrected chi connectivity index (χ4v) is 4.41. The first-order valence-corrected chi connectivity index (χ1v) is 10.7. The number of carbonyl (C=O) groups excluding carboxylic acids is 1. The van der Waals surface area contributed by atoms with Crippen molar-refractivity contribution < 1.29 is 14.3 Å². The summed E-state index contributed by atoms with van der Waals surface area (Å²) in [5, 5.41) is 3.64. The average molecular weight is 407 g/mol. The minimum atomic E-state index is -0.490. The zero-order valence-electron chi connectivity index (χ0n) is 15.8. The van der Waals surface area contributed by atoms with E-state index in [0.29, 0.717) is 16.6 Å². The molecule has 7 heteroatoms. The van der Waals surface area contributed by atoms with Gasteiger partial charge in [0.25, 0.3) is 5.79 Å². The highest BCUT2D eigenvalue weighted by Gasteiger charge is 2.44. The minimum absolute atomic E-state index is 0.0953. The molecule has 5 rings (SSSR count). The lowest BCUT2D eigenvalue weighted by molar-refractivity contribution is -0.113. The van der Waals surface area contributed by atoms with Gasteiger partial charge in [0, 0.05) is 24.6 Å². The Balaban J connectivity index is 1.18. The van der Waals surface area contributed by atoms with E-state index in [4.69, 9.17) is 9.47 Å². The number of hydrogen-bond acceptors (Lipinski definition) is 5. The highest BCUT2D eigenvalue weighted by molar-refractivity contribution is 7.99. The number of anilines is 1. The summed E-state index contributed by atoms with van der Waals surface area (Å²) in [6, 6.07) is 15.5. The predicted octanol–water partition coefficient (Wildman–Crippen LogP) is 4.85. The van der Waals surface area contributed by atoms with E-state index in [1.54, 1.807) is 6.20 Å². The molecule has 29 heavy (non-hydrogen) atoms. The molecule has 2 aromatic carbocycles. The van der Waals surface area contributed by atoms with Crippen LogP contribution >= 0.6 is 11.8 Å². The molecule has 2 heterocycles. The van der Waals surface area contributed by atoms with Crippen LogP contribution in [-0.4, -0.2) is 27.4 Å². The van der Waals surface area contributed by atoms with Gasteiger partial charge in [-0.2, -0.15) is 0 Å². The molecular formula is C22H21N3O3S.